The molecule has 112 valence electrons. The molecular formula is C20H21NO. The van der Waals surface area contributed by atoms with Gasteiger partial charge in [-0.05, 0) is 66.5 Å². The molecule has 0 aromatic heterocycles. The first kappa shape index (κ1) is 13.6. The second-order valence-corrected chi connectivity index (χ2v) is 6.51. The zero-order valence-corrected chi connectivity index (χ0v) is 13.0. The number of rotatable bonds is 2. The van der Waals surface area contributed by atoms with Gasteiger partial charge in [-0.15, -0.1) is 0 Å². The van der Waals surface area contributed by atoms with Crippen LogP contribution >= 0.6 is 0 Å². The maximum atomic E-state index is 12.9. The van der Waals surface area contributed by atoms with E-state index in [1.54, 1.807) is 0 Å². The molecule has 2 nitrogen and oxygen atoms in total. The molecule has 2 aliphatic carbocycles. The molecule has 1 unspecified atom stereocenters. The number of fused-ring (bicyclic) bond motifs is 2. The third kappa shape index (κ3) is 2.14. The molecule has 0 heterocycles. The molecule has 22 heavy (non-hydrogen) atoms. The lowest BCUT2D eigenvalue weighted by Gasteiger charge is -2.26. The van der Waals surface area contributed by atoms with Crippen LogP contribution in [0, 0.1) is 0 Å². The Balaban J connectivity index is 1.61. The average molecular weight is 291 g/mol. The molecule has 2 aromatic carbocycles. The molecule has 2 heteroatoms. The first-order chi connectivity index (χ1) is 10.7. The second-order valence-electron chi connectivity index (χ2n) is 6.51. The molecule has 0 aliphatic heterocycles. The van der Waals surface area contributed by atoms with Gasteiger partial charge in [0.15, 0.2) is 0 Å². The maximum absolute atomic E-state index is 12.9. The van der Waals surface area contributed by atoms with Crippen LogP contribution in [-0.2, 0) is 19.3 Å². The summed E-state index contributed by atoms with van der Waals surface area (Å²) in [5, 5.41) is 0. The first-order valence-corrected chi connectivity index (χ1v) is 8.21. The molecule has 1 amide bonds. The van der Waals surface area contributed by atoms with Crippen molar-refractivity contribution in [2.24, 2.45) is 0 Å². The molecule has 0 spiro atoms. The minimum Gasteiger partial charge on any atom is -0.335 e. The van der Waals surface area contributed by atoms with Crippen LogP contribution in [0.4, 0.5) is 0 Å². The van der Waals surface area contributed by atoms with Crippen LogP contribution in [0.1, 0.15) is 51.5 Å². The van der Waals surface area contributed by atoms with Crippen molar-refractivity contribution in [1.82, 2.24) is 4.90 Å². The van der Waals surface area contributed by atoms with E-state index in [9.17, 15) is 4.79 Å². The van der Waals surface area contributed by atoms with Gasteiger partial charge < -0.3 is 4.90 Å². The van der Waals surface area contributed by atoms with Crippen molar-refractivity contribution in [3.05, 3.63) is 70.3 Å². The Morgan fingerprint density at radius 2 is 1.82 bits per heavy atom. The Kier molecular flexibility index (Phi) is 3.25. The van der Waals surface area contributed by atoms with Gasteiger partial charge in [0.1, 0.15) is 0 Å². The van der Waals surface area contributed by atoms with Gasteiger partial charge in [-0.25, -0.2) is 0 Å². The fourth-order valence-corrected chi connectivity index (χ4v) is 3.99. The predicted molar refractivity (Wildman–Crippen MR) is 88.1 cm³/mol. The normalized spacial score (nSPS) is 18.9. The summed E-state index contributed by atoms with van der Waals surface area (Å²) in [7, 11) is 1.95. The van der Waals surface area contributed by atoms with E-state index in [1.807, 2.05) is 18.0 Å². The Labute approximate surface area is 131 Å². The molecule has 2 aliphatic rings. The summed E-state index contributed by atoms with van der Waals surface area (Å²) >= 11 is 0. The molecule has 1 atom stereocenters. The summed E-state index contributed by atoms with van der Waals surface area (Å²) in [4.78, 5) is 14.8. The van der Waals surface area contributed by atoms with Crippen LogP contribution in [0.2, 0.25) is 0 Å². The fraction of sp³-hybridized carbons (Fsp3) is 0.350. The summed E-state index contributed by atoms with van der Waals surface area (Å²) in [6, 6.07) is 15.0. The van der Waals surface area contributed by atoms with E-state index in [0.29, 0.717) is 0 Å². The Morgan fingerprint density at radius 3 is 2.73 bits per heavy atom. The number of carbonyl (C=O) groups excluding carboxylic acids is 1. The smallest absolute Gasteiger partial charge is 0.254 e. The van der Waals surface area contributed by atoms with Crippen LogP contribution in [0.25, 0.3) is 0 Å². The highest BCUT2D eigenvalue weighted by atomic mass is 16.2. The predicted octanol–water partition coefficient (Wildman–Crippen LogP) is 3.93. The molecule has 0 bridgehead atoms. The van der Waals surface area contributed by atoms with E-state index in [0.717, 1.165) is 31.2 Å². The van der Waals surface area contributed by atoms with E-state index >= 15 is 0 Å². The Hall–Kier alpha value is -2.09. The number of hydrogen-bond donors (Lipinski definition) is 0. The van der Waals surface area contributed by atoms with Crippen LogP contribution in [0.5, 0.6) is 0 Å². The van der Waals surface area contributed by atoms with Gasteiger partial charge in [-0.2, -0.15) is 0 Å². The van der Waals surface area contributed by atoms with Crippen LogP contribution < -0.4 is 0 Å². The monoisotopic (exact) mass is 291 g/mol. The molecule has 0 radical (unpaired) electrons. The van der Waals surface area contributed by atoms with Gasteiger partial charge >= 0.3 is 0 Å². The minimum absolute atomic E-state index is 0.149. The summed E-state index contributed by atoms with van der Waals surface area (Å²) in [5.41, 5.74) is 6.34. The van der Waals surface area contributed by atoms with Crippen molar-refractivity contribution in [3.63, 3.8) is 0 Å². The van der Waals surface area contributed by atoms with Crippen LogP contribution in [-0.4, -0.2) is 17.9 Å². The van der Waals surface area contributed by atoms with E-state index in [2.05, 4.69) is 36.4 Å². The van der Waals surface area contributed by atoms with Gasteiger partial charge in [0.05, 0.1) is 6.04 Å². The zero-order valence-electron chi connectivity index (χ0n) is 13.0. The van der Waals surface area contributed by atoms with Crippen molar-refractivity contribution in [1.29, 1.82) is 0 Å². The lowest BCUT2D eigenvalue weighted by molar-refractivity contribution is 0.0730. The van der Waals surface area contributed by atoms with Crippen LogP contribution in [0.3, 0.4) is 0 Å². The van der Waals surface area contributed by atoms with E-state index in [1.165, 1.54) is 28.7 Å². The molecule has 4 rings (SSSR count). The lowest BCUT2D eigenvalue weighted by atomic mass is 10.0. The van der Waals surface area contributed by atoms with Gasteiger partial charge in [0.2, 0.25) is 0 Å². The van der Waals surface area contributed by atoms with Crippen molar-refractivity contribution < 1.29 is 4.79 Å². The number of aryl methyl sites for hydroxylation is 3. The van der Waals surface area contributed by atoms with Crippen molar-refractivity contribution >= 4 is 5.91 Å². The van der Waals surface area contributed by atoms with Crippen molar-refractivity contribution in [3.8, 4) is 0 Å². The third-order valence-electron chi connectivity index (χ3n) is 5.23. The largest absolute Gasteiger partial charge is 0.335 e. The SMILES string of the molecule is CN(C(=O)c1ccc2c(c1)CCC2)C1CCc2ccccc21. The highest BCUT2D eigenvalue weighted by molar-refractivity contribution is 5.94. The highest BCUT2D eigenvalue weighted by Gasteiger charge is 2.29. The summed E-state index contributed by atoms with van der Waals surface area (Å²) in [5.74, 6) is 0.149. The summed E-state index contributed by atoms with van der Waals surface area (Å²) < 4.78 is 0. The van der Waals surface area contributed by atoms with E-state index in [4.69, 9.17) is 0 Å². The molecule has 0 N–H and O–H groups in total. The van der Waals surface area contributed by atoms with E-state index in [-0.39, 0.29) is 11.9 Å². The van der Waals surface area contributed by atoms with Gasteiger partial charge in [0, 0.05) is 12.6 Å². The number of benzene rings is 2. The molecule has 0 saturated heterocycles. The molecule has 0 saturated carbocycles. The molecular weight excluding hydrogens is 270 g/mol. The first-order valence-electron chi connectivity index (χ1n) is 8.21. The topological polar surface area (TPSA) is 20.3 Å². The van der Waals surface area contributed by atoms with Gasteiger partial charge in [-0.1, -0.05) is 30.3 Å². The maximum Gasteiger partial charge on any atom is 0.254 e. The fourth-order valence-electron chi connectivity index (χ4n) is 3.99. The molecule has 0 fully saturated rings. The Morgan fingerprint density at radius 1 is 1.00 bits per heavy atom. The lowest BCUT2D eigenvalue weighted by Crippen LogP contribution is -2.30. The van der Waals surface area contributed by atoms with Crippen molar-refractivity contribution in [2.75, 3.05) is 7.05 Å². The average Bonchev–Trinajstić information content (AvgIpc) is 3.19. The second kappa shape index (κ2) is 5.28. The quantitative estimate of drug-likeness (QED) is 0.821. The van der Waals surface area contributed by atoms with Gasteiger partial charge in [-0.3, -0.25) is 4.79 Å². The van der Waals surface area contributed by atoms with Crippen molar-refractivity contribution in [2.45, 2.75) is 38.1 Å². The highest BCUT2D eigenvalue weighted by Crippen LogP contribution is 2.35. The Bertz CT molecular complexity index is 734. The number of nitrogens with zero attached hydrogens (tertiary/aromatic N) is 1. The third-order valence-corrected chi connectivity index (χ3v) is 5.23. The molecule has 2 aromatic rings. The van der Waals surface area contributed by atoms with Gasteiger partial charge in [0.25, 0.3) is 5.91 Å². The van der Waals surface area contributed by atoms with E-state index < -0.39 is 0 Å². The number of hydrogen-bond acceptors (Lipinski definition) is 1. The summed E-state index contributed by atoms with van der Waals surface area (Å²) in [6.07, 6.45) is 5.61. The van der Waals surface area contributed by atoms with Crippen LogP contribution in [0.15, 0.2) is 42.5 Å². The standard InChI is InChI=1S/C20H21NO/c1-21(19-12-11-15-5-2-3-8-18(15)19)20(22)17-10-9-14-6-4-7-16(14)13-17/h2-3,5,8-10,13,19H,4,6-7,11-12H2,1H3. The zero-order chi connectivity index (χ0) is 15.1. The summed E-state index contributed by atoms with van der Waals surface area (Å²) in [6.45, 7) is 0. The minimum atomic E-state index is 0.149. The number of carbonyl (C=O) groups is 1. The number of amides is 1.